The smallest absolute Gasteiger partial charge is 0.330 e. The van der Waals surface area contributed by atoms with Gasteiger partial charge in [0.1, 0.15) is 0 Å². The van der Waals surface area contributed by atoms with Crippen molar-refractivity contribution in [2.45, 2.75) is 66.4 Å². The number of ether oxygens (including phenoxy) is 1. The Morgan fingerprint density at radius 1 is 1.33 bits per heavy atom. The van der Waals surface area contributed by atoms with E-state index in [9.17, 15) is 4.79 Å². The van der Waals surface area contributed by atoms with Crippen molar-refractivity contribution in [3.8, 4) is 0 Å². The lowest BCUT2D eigenvalue weighted by Crippen LogP contribution is -1.96. The second kappa shape index (κ2) is 15.3. The largest absolute Gasteiger partial charge is 0.478 e. The monoisotopic (exact) mass is 299 g/mol. The van der Waals surface area contributed by atoms with Crippen LogP contribution in [0.1, 0.15) is 60.3 Å². The third kappa shape index (κ3) is 21.3. The van der Waals surface area contributed by atoms with Crippen LogP contribution in [0.25, 0.3) is 0 Å². The molecule has 1 saturated heterocycles. The number of rotatable bonds is 6. The maximum Gasteiger partial charge on any atom is 0.330 e. The molecule has 1 unspecified atom stereocenters. The van der Waals surface area contributed by atoms with Gasteiger partial charge in [0.25, 0.3) is 0 Å². The highest BCUT2D eigenvalue weighted by Crippen LogP contribution is 2.14. The Kier molecular flexibility index (Phi) is 16.1. The Morgan fingerprint density at radius 2 is 1.86 bits per heavy atom. The predicted octanol–water partition coefficient (Wildman–Crippen LogP) is 3.91. The number of hydrogen-bond donors (Lipinski definition) is 2. The molecule has 124 valence electrons. The first-order valence-corrected chi connectivity index (χ1v) is 7.70. The van der Waals surface area contributed by atoms with Crippen LogP contribution in [0.15, 0.2) is 23.3 Å². The highest BCUT2D eigenvalue weighted by atomic mass is 16.6. The molecule has 0 saturated carbocycles. The number of unbranched alkanes of at least 4 members (excludes halogenated alkanes) is 2. The van der Waals surface area contributed by atoms with E-state index < -0.39 is 5.97 Å². The molecule has 0 radical (unpaired) electrons. The van der Waals surface area contributed by atoms with Gasteiger partial charge in [-0.05, 0) is 47.1 Å². The lowest BCUT2D eigenvalue weighted by atomic mass is 10.2. The summed E-state index contributed by atoms with van der Waals surface area (Å²) in [6.45, 7) is 11.6. The second-order valence-corrected chi connectivity index (χ2v) is 5.25. The number of aliphatic carboxylic acids is 1. The second-order valence-electron chi connectivity index (χ2n) is 5.25. The molecule has 21 heavy (non-hydrogen) atoms. The van der Waals surface area contributed by atoms with Crippen molar-refractivity contribution in [1.29, 1.82) is 0 Å². The number of epoxide rings is 1. The van der Waals surface area contributed by atoms with E-state index in [-0.39, 0.29) is 6.10 Å². The zero-order valence-corrected chi connectivity index (χ0v) is 14.3. The third-order valence-corrected chi connectivity index (χ3v) is 2.81. The summed E-state index contributed by atoms with van der Waals surface area (Å²) in [6.07, 6.45) is 8.55. The summed E-state index contributed by atoms with van der Waals surface area (Å²) in [5, 5.41) is 8.41. The number of hydrogen-bond acceptors (Lipinski definition) is 3. The van der Waals surface area contributed by atoms with Gasteiger partial charge >= 0.3 is 5.97 Å². The molecule has 4 heteroatoms. The molecule has 0 bridgehead atoms. The van der Waals surface area contributed by atoms with Crippen LogP contribution in [0.3, 0.4) is 0 Å². The van der Waals surface area contributed by atoms with Gasteiger partial charge in [0.15, 0.2) is 0 Å². The topological polar surface area (TPSA) is 75.8 Å². The zero-order valence-electron chi connectivity index (χ0n) is 14.3. The molecule has 0 aromatic rings. The van der Waals surface area contributed by atoms with Crippen molar-refractivity contribution in [3.05, 3.63) is 23.3 Å². The maximum atomic E-state index is 10.2. The van der Waals surface area contributed by atoms with Gasteiger partial charge in [-0.15, -0.1) is 0 Å². The number of carbonyl (C=O) groups is 1. The Balaban J connectivity index is 0. The number of carboxylic acid groups (broad SMARTS) is 1. The first-order valence-electron chi connectivity index (χ1n) is 7.70. The average Bonchev–Trinajstić information content (AvgIpc) is 3.27. The van der Waals surface area contributed by atoms with Gasteiger partial charge in [0.05, 0.1) is 12.7 Å². The number of nitrogens with two attached hydrogens (primary N) is 1. The van der Waals surface area contributed by atoms with Gasteiger partial charge in [0.2, 0.25) is 0 Å². The summed E-state index contributed by atoms with van der Waals surface area (Å²) in [7, 11) is 0. The van der Waals surface area contributed by atoms with Crippen LogP contribution in [0.4, 0.5) is 0 Å². The molecule has 0 aromatic heterocycles. The molecule has 4 nitrogen and oxygen atoms in total. The van der Waals surface area contributed by atoms with E-state index in [1.54, 1.807) is 13.0 Å². The molecule has 1 rings (SSSR count). The van der Waals surface area contributed by atoms with Crippen LogP contribution in [-0.2, 0) is 9.53 Å². The van der Waals surface area contributed by atoms with Crippen LogP contribution < -0.4 is 5.73 Å². The van der Waals surface area contributed by atoms with E-state index in [0.717, 1.165) is 19.6 Å². The summed E-state index contributed by atoms with van der Waals surface area (Å²) in [6, 6.07) is 0. The Hall–Kier alpha value is -1.13. The number of carboxylic acids is 1. The molecule has 0 aliphatic carbocycles. The molecule has 0 aromatic carbocycles. The van der Waals surface area contributed by atoms with Gasteiger partial charge in [-0.2, -0.15) is 0 Å². The predicted molar refractivity (Wildman–Crippen MR) is 89.4 cm³/mol. The quantitative estimate of drug-likeness (QED) is 0.337. The summed E-state index contributed by atoms with van der Waals surface area (Å²) in [5.74, 6) is -0.847. The molecule has 1 atom stereocenters. The fourth-order valence-electron chi connectivity index (χ4n) is 0.994. The molecule has 0 spiro atoms. The van der Waals surface area contributed by atoms with Crippen LogP contribution in [0.5, 0.6) is 0 Å². The van der Waals surface area contributed by atoms with E-state index >= 15 is 0 Å². The fraction of sp³-hybridized carbons (Fsp3) is 0.706. The van der Waals surface area contributed by atoms with Gasteiger partial charge in [-0.3, -0.25) is 0 Å². The Labute approximate surface area is 130 Å². The third-order valence-electron chi connectivity index (χ3n) is 2.81. The van der Waals surface area contributed by atoms with Crippen molar-refractivity contribution < 1.29 is 14.6 Å². The van der Waals surface area contributed by atoms with E-state index in [4.69, 9.17) is 15.6 Å². The van der Waals surface area contributed by atoms with Gasteiger partial charge in [-0.25, -0.2) is 4.79 Å². The average molecular weight is 299 g/mol. The van der Waals surface area contributed by atoms with Crippen LogP contribution in [0.2, 0.25) is 0 Å². The molecule has 1 aliphatic heterocycles. The summed E-state index contributed by atoms with van der Waals surface area (Å²) < 4.78 is 4.90. The summed E-state index contributed by atoms with van der Waals surface area (Å²) in [4.78, 5) is 10.2. The molecule has 3 N–H and O–H groups in total. The Bertz CT molecular complexity index is 310. The first-order chi connectivity index (χ1) is 9.88. The van der Waals surface area contributed by atoms with Crippen LogP contribution in [-0.4, -0.2) is 30.3 Å². The van der Waals surface area contributed by atoms with Crippen molar-refractivity contribution in [2.24, 2.45) is 5.73 Å². The molecular weight excluding hydrogens is 266 g/mol. The summed E-state index contributed by atoms with van der Waals surface area (Å²) in [5.41, 5.74) is 6.99. The molecule has 1 heterocycles. The van der Waals surface area contributed by atoms with Gasteiger partial charge in [0, 0.05) is 5.57 Å². The van der Waals surface area contributed by atoms with Crippen molar-refractivity contribution in [2.75, 3.05) is 13.2 Å². The molecule has 1 fully saturated rings. The minimum Gasteiger partial charge on any atom is -0.478 e. The van der Waals surface area contributed by atoms with E-state index in [0.29, 0.717) is 5.57 Å². The van der Waals surface area contributed by atoms with Crippen LogP contribution >= 0.6 is 0 Å². The van der Waals surface area contributed by atoms with Crippen LogP contribution in [0, 0.1) is 0 Å². The van der Waals surface area contributed by atoms with Gasteiger partial charge in [-0.1, -0.05) is 37.5 Å². The zero-order chi connectivity index (χ0) is 16.7. The first kappa shape index (κ1) is 22.2. The highest BCUT2D eigenvalue weighted by molar-refractivity contribution is 5.85. The summed E-state index contributed by atoms with van der Waals surface area (Å²) >= 11 is 0. The SMILES string of the molecule is CC(=CCC1CO1)C(=O)O.CC=C(C)C.CCCCCN. The van der Waals surface area contributed by atoms with Gasteiger partial charge < -0.3 is 15.6 Å². The lowest BCUT2D eigenvalue weighted by Gasteiger charge is -1.89. The fourth-order valence-corrected chi connectivity index (χ4v) is 0.994. The minimum atomic E-state index is -0.847. The van der Waals surface area contributed by atoms with E-state index in [1.165, 1.54) is 24.8 Å². The lowest BCUT2D eigenvalue weighted by molar-refractivity contribution is -0.132. The normalized spacial score (nSPS) is 15.9. The number of allylic oxidation sites excluding steroid dienone is 2. The van der Waals surface area contributed by atoms with E-state index in [1.807, 2.05) is 6.92 Å². The van der Waals surface area contributed by atoms with Crippen molar-refractivity contribution in [1.82, 2.24) is 0 Å². The standard InChI is InChI=1S/C7H10O3.C5H13N.C5H10/c1-5(7(8)9)2-3-6-4-10-6;1-2-3-4-5-6;1-4-5(2)3/h2,6H,3-4H2,1H3,(H,8,9);2-6H2,1H3;4H,1-3H3. The molecule has 0 amide bonds. The Morgan fingerprint density at radius 3 is 2.10 bits per heavy atom. The molecule has 1 aliphatic rings. The minimum absolute atomic E-state index is 0.286. The highest BCUT2D eigenvalue weighted by Gasteiger charge is 2.20. The maximum absolute atomic E-state index is 10.2. The van der Waals surface area contributed by atoms with Crippen molar-refractivity contribution in [3.63, 3.8) is 0 Å². The van der Waals surface area contributed by atoms with E-state index in [2.05, 4.69) is 26.8 Å². The van der Waals surface area contributed by atoms with Crippen molar-refractivity contribution >= 4 is 5.97 Å². The molecular formula is C17H33NO3.